The van der Waals surface area contributed by atoms with Crippen molar-refractivity contribution in [2.45, 2.75) is 25.8 Å². The van der Waals surface area contributed by atoms with E-state index in [0.29, 0.717) is 11.3 Å². The molecule has 0 unspecified atom stereocenters. The third-order valence-electron chi connectivity index (χ3n) is 3.74. The largest absolute Gasteiger partial charge is 0.467 e. The molecule has 134 valence electrons. The topological polar surface area (TPSA) is 83.4 Å². The van der Waals surface area contributed by atoms with Crippen LogP contribution in [0.4, 0.5) is 9.18 Å². The van der Waals surface area contributed by atoms with Crippen LogP contribution in [0.1, 0.15) is 25.2 Å². The Labute approximate surface area is 145 Å². The molecule has 1 aromatic heterocycles. The molecule has 0 bridgehead atoms. The Kier molecular flexibility index (Phi) is 6.16. The van der Waals surface area contributed by atoms with Crippen LogP contribution >= 0.6 is 0 Å². The van der Waals surface area contributed by atoms with Crippen LogP contribution in [0.5, 0.6) is 0 Å². The fourth-order valence-corrected chi connectivity index (χ4v) is 2.29. The summed E-state index contributed by atoms with van der Waals surface area (Å²) in [6, 6.07) is 9.45. The maximum Gasteiger partial charge on any atom is 0.315 e. The molecular weight excluding hydrogens is 325 g/mol. The minimum absolute atomic E-state index is 0.169. The molecular formula is C18H22FN3O3. The molecule has 0 aliphatic rings. The van der Waals surface area contributed by atoms with Gasteiger partial charge in [-0.3, -0.25) is 4.79 Å². The fraction of sp³-hybridized carbons (Fsp3) is 0.333. The highest BCUT2D eigenvalue weighted by molar-refractivity contribution is 5.83. The van der Waals surface area contributed by atoms with Crippen LogP contribution in [-0.2, 0) is 16.8 Å². The Hall–Kier alpha value is -2.83. The number of benzene rings is 1. The number of carbonyl (C=O) groups is 2. The second-order valence-corrected chi connectivity index (χ2v) is 6.26. The van der Waals surface area contributed by atoms with Gasteiger partial charge in [-0.2, -0.15) is 0 Å². The summed E-state index contributed by atoms with van der Waals surface area (Å²) in [5.41, 5.74) is -0.0396. The fourth-order valence-electron chi connectivity index (χ4n) is 2.29. The molecule has 0 fully saturated rings. The first-order chi connectivity index (χ1) is 11.9. The molecule has 1 aromatic carbocycles. The Bertz CT molecular complexity index is 714. The van der Waals surface area contributed by atoms with Crippen molar-refractivity contribution in [3.63, 3.8) is 0 Å². The lowest BCUT2D eigenvalue weighted by Gasteiger charge is -2.26. The van der Waals surface area contributed by atoms with Gasteiger partial charge in [-0.05, 0) is 23.8 Å². The zero-order valence-electron chi connectivity index (χ0n) is 14.3. The van der Waals surface area contributed by atoms with E-state index in [-0.39, 0.29) is 31.4 Å². The normalized spacial score (nSPS) is 11.0. The summed E-state index contributed by atoms with van der Waals surface area (Å²) in [7, 11) is 0. The molecule has 3 N–H and O–H groups in total. The summed E-state index contributed by atoms with van der Waals surface area (Å²) < 4.78 is 19.0. The summed E-state index contributed by atoms with van der Waals surface area (Å²) in [6.45, 7) is 4.00. The van der Waals surface area contributed by atoms with Crippen molar-refractivity contribution >= 4 is 11.9 Å². The molecule has 7 heteroatoms. The number of urea groups is 1. The molecule has 2 rings (SSSR count). The van der Waals surface area contributed by atoms with E-state index in [1.54, 1.807) is 30.3 Å². The van der Waals surface area contributed by atoms with E-state index in [0.717, 1.165) is 0 Å². The monoisotopic (exact) mass is 347 g/mol. The molecule has 0 radical (unpaired) electrons. The zero-order chi connectivity index (χ0) is 18.3. The smallest absolute Gasteiger partial charge is 0.315 e. The van der Waals surface area contributed by atoms with Gasteiger partial charge in [0.25, 0.3) is 0 Å². The predicted molar refractivity (Wildman–Crippen MR) is 91.4 cm³/mol. The third-order valence-corrected chi connectivity index (χ3v) is 3.74. The van der Waals surface area contributed by atoms with Gasteiger partial charge < -0.3 is 20.4 Å². The first-order valence-corrected chi connectivity index (χ1v) is 7.94. The average Bonchev–Trinajstić information content (AvgIpc) is 3.10. The van der Waals surface area contributed by atoms with Crippen molar-refractivity contribution in [1.82, 2.24) is 16.0 Å². The number of carbonyl (C=O) groups excluding carboxylic acids is 2. The maximum atomic E-state index is 13.9. The number of hydrogen-bond donors (Lipinski definition) is 3. The van der Waals surface area contributed by atoms with E-state index < -0.39 is 11.4 Å². The maximum absolute atomic E-state index is 13.9. The molecule has 0 aliphatic carbocycles. The van der Waals surface area contributed by atoms with E-state index >= 15 is 0 Å². The number of halogens is 1. The van der Waals surface area contributed by atoms with E-state index in [1.165, 1.54) is 12.3 Å². The summed E-state index contributed by atoms with van der Waals surface area (Å²) in [6.07, 6.45) is 1.51. The number of rotatable bonds is 7. The minimum atomic E-state index is -0.567. The molecule has 1 heterocycles. The molecule has 3 amide bonds. The van der Waals surface area contributed by atoms with Gasteiger partial charge >= 0.3 is 6.03 Å². The van der Waals surface area contributed by atoms with Gasteiger partial charge in [0.1, 0.15) is 11.6 Å². The number of amides is 3. The number of furan rings is 1. The van der Waals surface area contributed by atoms with Crippen molar-refractivity contribution in [3.8, 4) is 0 Å². The van der Waals surface area contributed by atoms with Gasteiger partial charge in [-0.25, -0.2) is 9.18 Å². The standard InChI is InChI=1S/C18H22FN3O3/c1-18(2,14-7-3-4-8-15(14)19)12-22-16(23)11-21-17(24)20-10-13-6-5-9-25-13/h3-9H,10-12H2,1-2H3,(H,22,23)(H2,20,21,24). The summed E-state index contributed by atoms with van der Waals surface area (Å²) in [5.74, 6) is -0.0408. The summed E-state index contributed by atoms with van der Waals surface area (Å²) in [5, 5.41) is 7.73. The molecule has 0 saturated heterocycles. The lowest BCUT2D eigenvalue weighted by atomic mass is 9.84. The summed E-state index contributed by atoms with van der Waals surface area (Å²) >= 11 is 0. The quantitative estimate of drug-likeness (QED) is 0.719. The van der Waals surface area contributed by atoms with Crippen LogP contribution in [0, 0.1) is 5.82 Å². The van der Waals surface area contributed by atoms with Crippen molar-refractivity contribution in [2.75, 3.05) is 13.1 Å². The Morgan fingerprint density at radius 1 is 1.08 bits per heavy atom. The van der Waals surface area contributed by atoms with E-state index in [4.69, 9.17) is 4.42 Å². The first-order valence-electron chi connectivity index (χ1n) is 7.94. The van der Waals surface area contributed by atoms with Crippen molar-refractivity contribution < 1.29 is 18.4 Å². The van der Waals surface area contributed by atoms with Crippen LogP contribution in [0.25, 0.3) is 0 Å². The van der Waals surface area contributed by atoms with E-state index in [1.807, 2.05) is 13.8 Å². The van der Waals surface area contributed by atoms with Crippen LogP contribution in [0.15, 0.2) is 47.1 Å². The van der Waals surface area contributed by atoms with Crippen LogP contribution in [-0.4, -0.2) is 25.0 Å². The second kappa shape index (κ2) is 8.32. The highest BCUT2D eigenvalue weighted by Crippen LogP contribution is 2.24. The first kappa shape index (κ1) is 18.5. The van der Waals surface area contributed by atoms with Gasteiger partial charge in [0.2, 0.25) is 5.91 Å². The Morgan fingerprint density at radius 2 is 1.84 bits per heavy atom. The Morgan fingerprint density at radius 3 is 2.52 bits per heavy atom. The van der Waals surface area contributed by atoms with Crippen LogP contribution in [0.2, 0.25) is 0 Å². The Balaban J connectivity index is 1.73. The predicted octanol–water partition coefficient (Wildman–Crippen LogP) is 2.31. The average molecular weight is 347 g/mol. The van der Waals surface area contributed by atoms with Crippen molar-refractivity contribution in [1.29, 1.82) is 0 Å². The lowest BCUT2D eigenvalue weighted by Crippen LogP contribution is -2.44. The SMILES string of the molecule is CC(C)(CNC(=O)CNC(=O)NCc1ccco1)c1ccccc1F. The number of hydrogen-bond acceptors (Lipinski definition) is 3. The number of nitrogens with one attached hydrogen (secondary N) is 3. The molecule has 25 heavy (non-hydrogen) atoms. The van der Waals surface area contributed by atoms with Gasteiger partial charge in [-0.15, -0.1) is 0 Å². The van der Waals surface area contributed by atoms with Gasteiger partial charge in [0.15, 0.2) is 0 Å². The molecule has 0 saturated carbocycles. The molecule has 0 aliphatic heterocycles. The zero-order valence-corrected chi connectivity index (χ0v) is 14.3. The molecule has 0 spiro atoms. The van der Waals surface area contributed by atoms with Gasteiger partial charge in [0, 0.05) is 12.0 Å². The molecule has 6 nitrogen and oxygen atoms in total. The van der Waals surface area contributed by atoms with Crippen LogP contribution < -0.4 is 16.0 Å². The third kappa shape index (κ3) is 5.63. The van der Waals surface area contributed by atoms with E-state index in [2.05, 4.69) is 16.0 Å². The molecule has 2 aromatic rings. The van der Waals surface area contributed by atoms with Gasteiger partial charge in [-0.1, -0.05) is 32.0 Å². The van der Waals surface area contributed by atoms with E-state index in [9.17, 15) is 14.0 Å². The minimum Gasteiger partial charge on any atom is -0.467 e. The highest BCUT2D eigenvalue weighted by Gasteiger charge is 2.24. The van der Waals surface area contributed by atoms with Crippen LogP contribution in [0.3, 0.4) is 0 Å². The lowest BCUT2D eigenvalue weighted by molar-refractivity contribution is -0.120. The second-order valence-electron chi connectivity index (χ2n) is 6.26. The van der Waals surface area contributed by atoms with Crippen molar-refractivity contribution in [3.05, 3.63) is 59.8 Å². The summed E-state index contributed by atoms with van der Waals surface area (Å²) in [4.78, 5) is 23.5. The van der Waals surface area contributed by atoms with Crippen molar-refractivity contribution in [2.24, 2.45) is 0 Å². The van der Waals surface area contributed by atoms with Gasteiger partial charge in [0.05, 0.1) is 19.4 Å². The molecule has 0 atom stereocenters. The highest BCUT2D eigenvalue weighted by atomic mass is 19.1.